The van der Waals surface area contributed by atoms with E-state index in [1.165, 1.54) is 14.2 Å². The van der Waals surface area contributed by atoms with Gasteiger partial charge in [-0.1, -0.05) is 6.07 Å². The van der Waals surface area contributed by atoms with E-state index in [-0.39, 0.29) is 17.6 Å². The van der Waals surface area contributed by atoms with Crippen LogP contribution in [-0.2, 0) is 0 Å². The normalized spacial score (nSPS) is 10.1. The summed E-state index contributed by atoms with van der Waals surface area (Å²) in [4.78, 5) is 7.79. The van der Waals surface area contributed by atoms with Crippen molar-refractivity contribution in [3.05, 3.63) is 30.2 Å². The summed E-state index contributed by atoms with van der Waals surface area (Å²) in [6.07, 6.45) is 1.04. The third-order valence-electron chi connectivity index (χ3n) is 2.63. The predicted octanol–water partition coefficient (Wildman–Crippen LogP) is 2.86. The molecule has 6 nitrogen and oxygen atoms in total. The summed E-state index contributed by atoms with van der Waals surface area (Å²) in [5, 5.41) is 2.89. The number of methoxy groups -OCH3 is 2. The van der Waals surface area contributed by atoms with Crippen molar-refractivity contribution in [1.29, 1.82) is 0 Å². The molecule has 1 aromatic carbocycles. The van der Waals surface area contributed by atoms with Gasteiger partial charge < -0.3 is 19.5 Å². The number of aromatic nitrogens is 2. The monoisotopic (exact) mass is 293 g/mol. The lowest BCUT2D eigenvalue weighted by Crippen LogP contribution is -2.04. The summed E-state index contributed by atoms with van der Waals surface area (Å²) in [5.74, 6) is 0.480. The van der Waals surface area contributed by atoms with E-state index >= 15 is 0 Å². The van der Waals surface area contributed by atoms with Crippen LogP contribution in [0.15, 0.2) is 24.4 Å². The highest BCUT2D eigenvalue weighted by atomic mass is 19.1. The fraction of sp³-hybridized carbons (Fsp3) is 0.286. The standard InChI is InChI=1S/C14H16FN3O3/c1-4-16-14-17-8-9(15)13(18-14)21-12-10(19-2)6-5-7-11(12)20-3/h5-8H,4H2,1-3H3,(H,16,17,18). The minimum atomic E-state index is -0.676. The van der Waals surface area contributed by atoms with Gasteiger partial charge in [-0.2, -0.15) is 9.37 Å². The van der Waals surface area contributed by atoms with Crippen LogP contribution < -0.4 is 19.5 Å². The molecule has 112 valence electrons. The van der Waals surface area contributed by atoms with Crippen LogP contribution in [-0.4, -0.2) is 30.7 Å². The van der Waals surface area contributed by atoms with Gasteiger partial charge in [0.1, 0.15) is 0 Å². The van der Waals surface area contributed by atoms with Crippen LogP contribution in [0.4, 0.5) is 10.3 Å². The molecule has 0 spiro atoms. The van der Waals surface area contributed by atoms with Gasteiger partial charge in [-0.3, -0.25) is 0 Å². The van der Waals surface area contributed by atoms with Gasteiger partial charge in [-0.05, 0) is 19.1 Å². The van der Waals surface area contributed by atoms with E-state index in [0.29, 0.717) is 18.0 Å². The highest BCUT2D eigenvalue weighted by Crippen LogP contribution is 2.39. The van der Waals surface area contributed by atoms with Crippen LogP contribution >= 0.6 is 0 Å². The maximum Gasteiger partial charge on any atom is 0.261 e. The Morgan fingerprint density at radius 1 is 1.19 bits per heavy atom. The Bertz CT molecular complexity index is 600. The van der Waals surface area contributed by atoms with Gasteiger partial charge in [0.15, 0.2) is 11.5 Å². The molecule has 21 heavy (non-hydrogen) atoms. The van der Waals surface area contributed by atoms with Crippen molar-refractivity contribution in [2.75, 3.05) is 26.1 Å². The first-order valence-electron chi connectivity index (χ1n) is 6.34. The lowest BCUT2D eigenvalue weighted by Gasteiger charge is -2.13. The quantitative estimate of drug-likeness (QED) is 0.883. The van der Waals surface area contributed by atoms with E-state index in [1.807, 2.05) is 6.92 Å². The molecule has 0 bridgehead atoms. The maximum atomic E-state index is 13.8. The Labute approximate surface area is 121 Å². The van der Waals surface area contributed by atoms with E-state index in [1.54, 1.807) is 18.2 Å². The number of nitrogens with zero attached hydrogens (tertiary/aromatic N) is 2. The molecule has 2 rings (SSSR count). The van der Waals surface area contributed by atoms with Crippen LogP contribution in [0.25, 0.3) is 0 Å². The van der Waals surface area contributed by atoms with Crippen molar-refractivity contribution < 1.29 is 18.6 Å². The molecule has 0 aliphatic heterocycles. The SMILES string of the molecule is CCNc1ncc(F)c(Oc2c(OC)cccc2OC)n1. The molecule has 0 radical (unpaired) electrons. The molecule has 1 heterocycles. The first kappa shape index (κ1) is 14.8. The number of anilines is 1. The molecule has 1 aromatic heterocycles. The number of para-hydroxylation sites is 1. The number of ether oxygens (including phenoxy) is 3. The summed E-state index contributed by atoms with van der Waals surface area (Å²) in [6, 6.07) is 5.11. The molecule has 0 amide bonds. The lowest BCUT2D eigenvalue weighted by molar-refractivity contribution is 0.333. The molecule has 0 unspecified atom stereocenters. The van der Waals surface area contributed by atoms with Crippen molar-refractivity contribution in [2.45, 2.75) is 6.92 Å². The zero-order valence-electron chi connectivity index (χ0n) is 12.0. The molecule has 0 aliphatic carbocycles. The molecular weight excluding hydrogens is 277 g/mol. The average molecular weight is 293 g/mol. The van der Waals surface area contributed by atoms with Crippen LogP contribution in [0, 0.1) is 5.82 Å². The van der Waals surface area contributed by atoms with E-state index < -0.39 is 5.82 Å². The third kappa shape index (κ3) is 3.31. The Balaban J connectivity index is 2.39. The Morgan fingerprint density at radius 2 is 1.86 bits per heavy atom. The first-order chi connectivity index (χ1) is 10.2. The topological polar surface area (TPSA) is 65.5 Å². The second-order valence-corrected chi connectivity index (χ2v) is 3.97. The summed E-state index contributed by atoms with van der Waals surface area (Å²) < 4.78 is 29.7. The van der Waals surface area contributed by atoms with Gasteiger partial charge in [0, 0.05) is 6.54 Å². The number of nitrogens with one attached hydrogen (secondary N) is 1. The fourth-order valence-electron chi connectivity index (χ4n) is 1.68. The molecule has 0 saturated heterocycles. The molecule has 0 fully saturated rings. The van der Waals surface area contributed by atoms with Crippen LogP contribution in [0.2, 0.25) is 0 Å². The zero-order valence-corrected chi connectivity index (χ0v) is 12.0. The first-order valence-corrected chi connectivity index (χ1v) is 6.34. The van der Waals surface area contributed by atoms with Crippen molar-refractivity contribution in [3.63, 3.8) is 0 Å². The van der Waals surface area contributed by atoms with Gasteiger partial charge in [0.2, 0.25) is 17.5 Å². The zero-order chi connectivity index (χ0) is 15.2. The van der Waals surface area contributed by atoms with Gasteiger partial charge in [-0.25, -0.2) is 4.98 Å². The van der Waals surface area contributed by atoms with Gasteiger partial charge >= 0.3 is 0 Å². The van der Waals surface area contributed by atoms with Crippen molar-refractivity contribution in [3.8, 4) is 23.1 Å². The highest BCUT2D eigenvalue weighted by molar-refractivity contribution is 5.52. The van der Waals surface area contributed by atoms with Crippen molar-refractivity contribution in [1.82, 2.24) is 9.97 Å². The molecule has 1 N–H and O–H groups in total. The van der Waals surface area contributed by atoms with E-state index in [4.69, 9.17) is 14.2 Å². The molecular formula is C14H16FN3O3. The second kappa shape index (κ2) is 6.74. The van der Waals surface area contributed by atoms with Crippen molar-refractivity contribution in [2.24, 2.45) is 0 Å². The van der Waals surface area contributed by atoms with Gasteiger partial charge in [0.05, 0.1) is 20.4 Å². The number of hydrogen-bond acceptors (Lipinski definition) is 6. The van der Waals surface area contributed by atoms with Crippen LogP contribution in [0.1, 0.15) is 6.92 Å². The Morgan fingerprint density at radius 3 is 2.43 bits per heavy atom. The Hall–Kier alpha value is -2.57. The fourth-order valence-corrected chi connectivity index (χ4v) is 1.68. The van der Waals surface area contributed by atoms with E-state index in [9.17, 15) is 4.39 Å². The average Bonchev–Trinajstić information content (AvgIpc) is 2.51. The minimum Gasteiger partial charge on any atom is -0.493 e. The largest absolute Gasteiger partial charge is 0.493 e. The summed E-state index contributed by atoms with van der Waals surface area (Å²) in [6.45, 7) is 2.50. The van der Waals surface area contributed by atoms with Gasteiger partial charge in [-0.15, -0.1) is 0 Å². The van der Waals surface area contributed by atoms with Crippen LogP contribution in [0.5, 0.6) is 23.1 Å². The summed E-state index contributed by atoms with van der Waals surface area (Å²) in [5.41, 5.74) is 0. The van der Waals surface area contributed by atoms with E-state index in [2.05, 4.69) is 15.3 Å². The molecule has 0 saturated carbocycles. The summed E-state index contributed by atoms with van der Waals surface area (Å²) >= 11 is 0. The van der Waals surface area contributed by atoms with Crippen molar-refractivity contribution >= 4 is 5.95 Å². The smallest absolute Gasteiger partial charge is 0.261 e. The lowest BCUT2D eigenvalue weighted by atomic mass is 10.3. The minimum absolute atomic E-state index is 0.205. The highest BCUT2D eigenvalue weighted by Gasteiger charge is 2.16. The number of hydrogen-bond donors (Lipinski definition) is 1. The third-order valence-corrected chi connectivity index (χ3v) is 2.63. The maximum absolute atomic E-state index is 13.8. The van der Waals surface area contributed by atoms with Crippen LogP contribution in [0.3, 0.4) is 0 Å². The predicted molar refractivity (Wildman–Crippen MR) is 75.8 cm³/mol. The molecule has 0 atom stereocenters. The number of rotatable bonds is 6. The molecule has 2 aromatic rings. The molecule has 0 aliphatic rings. The van der Waals surface area contributed by atoms with E-state index in [0.717, 1.165) is 6.20 Å². The number of benzene rings is 1. The second-order valence-electron chi connectivity index (χ2n) is 3.97. The number of halogens is 1. The Kier molecular flexibility index (Phi) is 4.76. The van der Waals surface area contributed by atoms with Gasteiger partial charge in [0.25, 0.3) is 5.88 Å². The summed E-state index contributed by atoms with van der Waals surface area (Å²) in [7, 11) is 2.98. The molecule has 7 heteroatoms.